The molecular formula is C12H17NO4. The molecule has 0 bridgehead atoms. The number of ether oxygens (including phenoxy) is 1. The lowest BCUT2D eigenvalue weighted by molar-refractivity contribution is -0.138. The molecule has 0 radical (unpaired) electrons. The van der Waals surface area contributed by atoms with Crippen LogP contribution in [0.5, 0.6) is 11.5 Å². The zero-order valence-electron chi connectivity index (χ0n) is 10.2. The summed E-state index contributed by atoms with van der Waals surface area (Å²) < 4.78 is 5.06. The molecule has 0 aliphatic rings. The lowest BCUT2D eigenvalue weighted by Gasteiger charge is -2.18. The minimum Gasteiger partial charge on any atom is -0.504 e. The first-order valence-corrected chi connectivity index (χ1v) is 5.23. The predicted octanol–water partition coefficient (Wildman–Crippen LogP) is 1.14. The number of hydrogen-bond donors (Lipinski definition) is 3. The normalized spacial score (nSPS) is 12.2. The Morgan fingerprint density at radius 2 is 2.06 bits per heavy atom. The van der Waals surface area contributed by atoms with Gasteiger partial charge in [0.15, 0.2) is 11.5 Å². The number of carbonyl (C=O) groups is 1. The number of phenols is 1. The van der Waals surface area contributed by atoms with Gasteiger partial charge in [-0.1, -0.05) is 0 Å². The third-order valence-electron chi connectivity index (χ3n) is 2.97. The van der Waals surface area contributed by atoms with Gasteiger partial charge in [0.25, 0.3) is 0 Å². The van der Waals surface area contributed by atoms with Crippen LogP contribution < -0.4 is 10.5 Å². The first-order valence-electron chi connectivity index (χ1n) is 5.23. The van der Waals surface area contributed by atoms with E-state index in [0.29, 0.717) is 11.3 Å². The fraction of sp³-hybridized carbons (Fsp3) is 0.417. The average molecular weight is 239 g/mol. The summed E-state index contributed by atoms with van der Waals surface area (Å²) in [4.78, 5) is 11.1. The van der Waals surface area contributed by atoms with E-state index in [9.17, 15) is 9.90 Å². The maximum Gasteiger partial charge on any atom is 0.312 e. The highest BCUT2D eigenvalue weighted by Crippen LogP contribution is 2.36. The summed E-state index contributed by atoms with van der Waals surface area (Å²) in [5, 5.41) is 18.8. The molecule has 0 aliphatic carbocycles. The van der Waals surface area contributed by atoms with Gasteiger partial charge in [-0.15, -0.1) is 0 Å². The molecular weight excluding hydrogens is 222 g/mol. The number of carboxylic acids is 1. The van der Waals surface area contributed by atoms with E-state index in [1.807, 2.05) is 0 Å². The highest BCUT2D eigenvalue weighted by Gasteiger charge is 2.23. The van der Waals surface area contributed by atoms with E-state index in [1.165, 1.54) is 13.2 Å². The Kier molecular flexibility index (Phi) is 3.96. The van der Waals surface area contributed by atoms with Gasteiger partial charge in [-0.3, -0.25) is 4.79 Å². The Bertz CT molecular complexity index is 443. The van der Waals surface area contributed by atoms with Crippen LogP contribution >= 0.6 is 0 Å². The molecule has 1 rings (SSSR count). The van der Waals surface area contributed by atoms with Crippen LogP contribution in [-0.4, -0.2) is 29.8 Å². The number of rotatable bonds is 4. The molecule has 0 aliphatic heterocycles. The van der Waals surface area contributed by atoms with Crippen LogP contribution in [0.3, 0.4) is 0 Å². The van der Waals surface area contributed by atoms with Gasteiger partial charge in [-0.05, 0) is 36.6 Å². The van der Waals surface area contributed by atoms with E-state index in [1.54, 1.807) is 13.8 Å². The molecule has 94 valence electrons. The van der Waals surface area contributed by atoms with Crippen LogP contribution in [0.2, 0.25) is 0 Å². The number of aliphatic carboxylic acids is 1. The quantitative estimate of drug-likeness (QED) is 0.732. The Hall–Kier alpha value is -1.75. The Balaban J connectivity index is 3.41. The second-order valence-corrected chi connectivity index (χ2v) is 3.89. The highest BCUT2D eigenvalue weighted by molar-refractivity contribution is 5.78. The fourth-order valence-electron chi connectivity index (χ4n) is 1.88. The molecule has 5 nitrogen and oxygen atoms in total. The number of benzene rings is 1. The summed E-state index contributed by atoms with van der Waals surface area (Å²) in [6.07, 6.45) is 0. The van der Waals surface area contributed by atoms with E-state index in [-0.39, 0.29) is 12.3 Å². The number of nitrogens with two attached hydrogens (primary N) is 1. The first kappa shape index (κ1) is 13.3. The van der Waals surface area contributed by atoms with Gasteiger partial charge in [0.05, 0.1) is 13.0 Å². The topological polar surface area (TPSA) is 92.8 Å². The SMILES string of the molecule is COc1c(O)cc(C(CN)C(=O)O)c(C)c1C. The summed E-state index contributed by atoms with van der Waals surface area (Å²) in [6, 6.07) is 1.41. The lowest BCUT2D eigenvalue weighted by Crippen LogP contribution is -2.22. The van der Waals surface area contributed by atoms with Crippen LogP contribution in [0, 0.1) is 13.8 Å². The van der Waals surface area contributed by atoms with E-state index >= 15 is 0 Å². The number of carboxylic acid groups (broad SMARTS) is 1. The van der Waals surface area contributed by atoms with Crippen molar-refractivity contribution in [1.29, 1.82) is 0 Å². The molecule has 17 heavy (non-hydrogen) atoms. The van der Waals surface area contributed by atoms with Crippen molar-refractivity contribution in [3.63, 3.8) is 0 Å². The van der Waals surface area contributed by atoms with Crippen molar-refractivity contribution in [2.24, 2.45) is 5.73 Å². The molecule has 1 atom stereocenters. The lowest BCUT2D eigenvalue weighted by atomic mass is 9.91. The number of methoxy groups -OCH3 is 1. The fourth-order valence-corrected chi connectivity index (χ4v) is 1.88. The van der Waals surface area contributed by atoms with E-state index in [2.05, 4.69) is 0 Å². The molecule has 1 aromatic carbocycles. The van der Waals surface area contributed by atoms with Crippen LogP contribution in [0.4, 0.5) is 0 Å². The maximum atomic E-state index is 11.1. The van der Waals surface area contributed by atoms with E-state index < -0.39 is 11.9 Å². The zero-order chi connectivity index (χ0) is 13.2. The molecule has 0 saturated heterocycles. The van der Waals surface area contributed by atoms with Crippen molar-refractivity contribution < 1.29 is 19.7 Å². The maximum absolute atomic E-state index is 11.1. The third kappa shape index (κ3) is 2.34. The van der Waals surface area contributed by atoms with Gasteiger partial charge in [-0.25, -0.2) is 0 Å². The molecule has 1 unspecified atom stereocenters. The molecule has 0 spiro atoms. The monoisotopic (exact) mass is 239 g/mol. The van der Waals surface area contributed by atoms with Crippen molar-refractivity contribution in [1.82, 2.24) is 0 Å². The minimum absolute atomic E-state index is 0.0125. The molecule has 5 heteroatoms. The van der Waals surface area contributed by atoms with Gasteiger partial charge in [0.2, 0.25) is 0 Å². The summed E-state index contributed by atoms with van der Waals surface area (Å²) in [7, 11) is 1.46. The van der Waals surface area contributed by atoms with Crippen LogP contribution in [0.15, 0.2) is 6.07 Å². The second-order valence-electron chi connectivity index (χ2n) is 3.89. The average Bonchev–Trinajstić information content (AvgIpc) is 2.26. The molecule has 0 heterocycles. The van der Waals surface area contributed by atoms with Gasteiger partial charge >= 0.3 is 5.97 Å². The molecule has 0 amide bonds. The van der Waals surface area contributed by atoms with Crippen LogP contribution in [0.1, 0.15) is 22.6 Å². The number of hydrogen-bond acceptors (Lipinski definition) is 4. The van der Waals surface area contributed by atoms with Crippen molar-refractivity contribution in [2.75, 3.05) is 13.7 Å². The minimum atomic E-state index is -1.00. The first-order chi connectivity index (χ1) is 7.93. The molecule has 1 aromatic rings. The van der Waals surface area contributed by atoms with Crippen molar-refractivity contribution in [3.8, 4) is 11.5 Å². The highest BCUT2D eigenvalue weighted by atomic mass is 16.5. The van der Waals surface area contributed by atoms with E-state index in [4.69, 9.17) is 15.6 Å². The zero-order valence-corrected chi connectivity index (χ0v) is 10.2. The standard InChI is InChI=1S/C12H17NO4/c1-6-7(2)11(17-3)10(14)4-8(6)9(5-13)12(15)16/h4,9,14H,5,13H2,1-3H3,(H,15,16). The summed E-state index contributed by atoms with van der Waals surface area (Å²) >= 11 is 0. The van der Waals surface area contributed by atoms with Crippen LogP contribution in [0.25, 0.3) is 0 Å². The van der Waals surface area contributed by atoms with Crippen molar-refractivity contribution >= 4 is 5.97 Å². The molecule has 0 saturated carbocycles. The summed E-state index contributed by atoms with van der Waals surface area (Å²) in [6.45, 7) is 3.55. The largest absolute Gasteiger partial charge is 0.504 e. The number of aromatic hydroxyl groups is 1. The van der Waals surface area contributed by atoms with Gasteiger partial charge < -0.3 is 20.7 Å². The Labute approximate surface area is 99.8 Å². The summed E-state index contributed by atoms with van der Waals surface area (Å²) in [5.41, 5.74) is 7.48. The van der Waals surface area contributed by atoms with Crippen LogP contribution in [-0.2, 0) is 4.79 Å². The smallest absolute Gasteiger partial charge is 0.312 e. The van der Waals surface area contributed by atoms with Gasteiger partial charge in [-0.2, -0.15) is 0 Å². The third-order valence-corrected chi connectivity index (χ3v) is 2.97. The predicted molar refractivity (Wildman–Crippen MR) is 63.6 cm³/mol. The Morgan fingerprint density at radius 1 is 1.47 bits per heavy atom. The molecule has 4 N–H and O–H groups in total. The molecule has 0 aromatic heterocycles. The van der Waals surface area contributed by atoms with Crippen molar-refractivity contribution in [3.05, 3.63) is 22.8 Å². The van der Waals surface area contributed by atoms with Crippen molar-refractivity contribution in [2.45, 2.75) is 19.8 Å². The van der Waals surface area contributed by atoms with Gasteiger partial charge in [0.1, 0.15) is 0 Å². The second kappa shape index (κ2) is 5.05. The molecule has 0 fully saturated rings. The van der Waals surface area contributed by atoms with Gasteiger partial charge in [0, 0.05) is 6.54 Å². The van der Waals surface area contributed by atoms with E-state index in [0.717, 1.165) is 11.1 Å². The summed E-state index contributed by atoms with van der Waals surface area (Å²) in [5.74, 6) is -1.51. The number of phenolic OH excluding ortho intramolecular Hbond substituents is 1. The Morgan fingerprint density at radius 3 is 2.47 bits per heavy atom.